The summed E-state index contributed by atoms with van der Waals surface area (Å²) in [6.45, 7) is 4.74. The first-order valence-corrected chi connectivity index (χ1v) is 12.5. The van der Waals surface area contributed by atoms with Crippen molar-refractivity contribution in [3.8, 4) is 0 Å². The summed E-state index contributed by atoms with van der Waals surface area (Å²) in [6, 6.07) is 14.9. The van der Waals surface area contributed by atoms with Gasteiger partial charge in [0.2, 0.25) is 0 Å². The summed E-state index contributed by atoms with van der Waals surface area (Å²) in [5, 5.41) is 13.4. The molecule has 0 unspecified atom stereocenters. The predicted molar refractivity (Wildman–Crippen MR) is 135 cm³/mol. The first kappa shape index (κ1) is 25.0. The highest BCUT2D eigenvalue weighted by molar-refractivity contribution is 8.07. The molecule has 1 aliphatic rings. The summed E-state index contributed by atoms with van der Waals surface area (Å²) < 4.78 is 0. The number of carbonyl (C=O) groups excluding carboxylic acids is 2. The summed E-state index contributed by atoms with van der Waals surface area (Å²) in [4.78, 5) is 28.7. The lowest BCUT2D eigenvalue weighted by Gasteiger charge is -2.24. The quantitative estimate of drug-likeness (QED) is 0.524. The maximum absolute atomic E-state index is 13.2. The molecule has 33 heavy (non-hydrogen) atoms. The highest BCUT2D eigenvalue weighted by atomic mass is 32.2. The minimum absolute atomic E-state index is 0.0862. The second-order valence-electron chi connectivity index (χ2n) is 8.36. The summed E-state index contributed by atoms with van der Waals surface area (Å²) in [5.41, 5.74) is 10.4. The van der Waals surface area contributed by atoms with E-state index in [9.17, 15) is 14.7 Å². The molecule has 1 saturated heterocycles. The first-order chi connectivity index (χ1) is 15.8. The normalized spacial score (nSPS) is 18.8. The third-order valence-electron chi connectivity index (χ3n) is 5.95. The van der Waals surface area contributed by atoms with Crippen LogP contribution in [0.25, 0.3) is 4.91 Å². The van der Waals surface area contributed by atoms with Crippen molar-refractivity contribution in [3.05, 3.63) is 76.5 Å². The van der Waals surface area contributed by atoms with Gasteiger partial charge in [0.15, 0.2) is 5.78 Å². The number of carbonyl (C=O) groups is 2. The van der Waals surface area contributed by atoms with Crippen LogP contribution in [0.5, 0.6) is 0 Å². The fraction of sp³-hybridized carbons (Fsp3) is 0.385. The number of nitrogens with one attached hydrogen (secondary N) is 1. The molecule has 1 heterocycles. The average Bonchev–Trinajstić information content (AvgIpc) is 3.21. The van der Waals surface area contributed by atoms with E-state index in [1.807, 2.05) is 62.6 Å². The Morgan fingerprint density at radius 1 is 1.18 bits per heavy atom. The number of amides is 1. The van der Waals surface area contributed by atoms with Crippen molar-refractivity contribution in [1.82, 2.24) is 10.2 Å². The maximum atomic E-state index is 13.2. The van der Waals surface area contributed by atoms with E-state index in [2.05, 4.69) is 5.32 Å². The van der Waals surface area contributed by atoms with Crippen LogP contribution in [-0.4, -0.2) is 53.2 Å². The molecule has 2 aromatic rings. The van der Waals surface area contributed by atoms with Crippen LogP contribution in [-0.2, 0) is 17.8 Å². The number of ketones is 1. The van der Waals surface area contributed by atoms with E-state index in [4.69, 9.17) is 5.73 Å². The molecule has 2 atom stereocenters. The van der Waals surface area contributed by atoms with Crippen molar-refractivity contribution in [1.29, 1.82) is 0 Å². The Labute approximate surface area is 200 Å². The topological polar surface area (TPSA) is 95.7 Å². The minimum atomic E-state index is -0.686. The molecule has 1 amide bonds. The van der Waals surface area contributed by atoms with Crippen molar-refractivity contribution < 1.29 is 14.7 Å². The number of rotatable bonds is 9. The van der Waals surface area contributed by atoms with E-state index in [0.29, 0.717) is 12.1 Å². The molecule has 0 spiro atoms. The Kier molecular flexibility index (Phi) is 8.72. The molecule has 0 aliphatic carbocycles. The van der Waals surface area contributed by atoms with Gasteiger partial charge in [-0.25, -0.2) is 0 Å². The van der Waals surface area contributed by atoms with Gasteiger partial charge < -0.3 is 21.1 Å². The molecule has 0 radical (unpaired) electrons. The third kappa shape index (κ3) is 6.05. The molecule has 4 N–H and O–H groups in total. The molecule has 0 bridgehead atoms. The number of hydrogen-bond donors (Lipinski definition) is 3. The van der Waals surface area contributed by atoms with E-state index in [1.165, 1.54) is 4.90 Å². The van der Waals surface area contributed by atoms with Gasteiger partial charge in [-0.15, -0.1) is 11.8 Å². The maximum Gasteiger partial charge on any atom is 0.254 e. The van der Waals surface area contributed by atoms with Gasteiger partial charge in [-0.2, -0.15) is 0 Å². The van der Waals surface area contributed by atoms with E-state index >= 15 is 0 Å². The summed E-state index contributed by atoms with van der Waals surface area (Å²) in [5.74, 6) is -0.275. The number of aliphatic hydroxyl groups is 1. The van der Waals surface area contributed by atoms with Gasteiger partial charge in [-0.05, 0) is 42.4 Å². The highest BCUT2D eigenvalue weighted by Gasteiger charge is 2.39. The molecule has 1 fully saturated rings. The molecule has 2 aromatic carbocycles. The van der Waals surface area contributed by atoms with Crippen molar-refractivity contribution in [2.75, 3.05) is 19.3 Å². The van der Waals surface area contributed by atoms with Gasteiger partial charge >= 0.3 is 0 Å². The minimum Gasteiger partial charge on any atom is -0.401 e. The number of Topliss-reactive ketones (excluding diaryl/α,β-unsaturated/α-hetero) is 1. The first-order valence-electron chi connectivity index (χ1n) is 11.3. The van der Waals surface area contributed by atoms with Crippen molar-refractivity contribution in [2.45, 2.75) is 45.4 Å². The van der Waals surface area contributed by atoms with Gasteiger partial charge in [-0.3, -0.25) is 9.59 Å². The van der Waals surface area contributed by atoms with Gasteiger partial charge in [0.1, 0.15) is 0 Å². The summed E-state index contributed by atoms with van der Waals surface area (Å²) >= 11 is 1.62. The summed E-state index contributed by atoms with van der Waals surface area (Å²) in [7, 11) is 0. The highest BCUT2D eigenvalue weighted by Crippen LogP contribution is 2.27. The fourth-order valence-electron chi connectivity index (χ4n) is 4.26. The molecule has 3 rings (SSSR count). The van der Waals surface area contributed by atoms with Gasteiger partial charge in [0, 0.05) is 35.7 Å². The molecular weight excluding hydrogens is 434 g/mol. The summed E-state index contributed by atoms with van der Waals surface area (Å²) in [6.07, 6.45) is 2.32. The zero-order valence-electron chi connectivity index (χ0n) is 19.5. The number of aryl methyl sites for hydroxylation is 1. The Bertz CT molecular complexity index is 1020. The number of nitrogens with two attached hydrogens (primary N) is 1. The largest absolute Gasteiger partial charge is 0.401 e. The SMILES string of the molecule is CCc1ccccc1C(=O)N1C[C@H](O)C[C@H]1C(=O)CNCc1ccc(/C(SC)=C(\C)N)cc1. The Morgan fingerprint density at radius 3 is 2.52 bits per heavy atom. The van der Waals surface area contributed by atoms with Crippen molar-refractivity contribution >= 4 is 28.4 Å². The number of likely N-dealkylation sites (tertiary alicyclic amines) is 1. The van der Waals surface area contributed by atoms with E-state index in [1.54, 1.807) is 17.8 Å². The van der Waals surface area contributed by atoms with Crippen LogP contribution in [0.15, 0.2) is 54.2 Å². The second-order valence-corrected chi connectivity index (χ2v) is 9.17. The van der Waals surface area contributed by atoms with Crippen LogP contribution < -0.4 is 11.1 Å². The van der Waals surface area contributed by atoms with Crippen LogP contribution in [0.2, 0.25) is 0 Å². The van der Waals surface area contributed by atoms with Crippen LogP contribution in [0.4, 0.5) is 0 Å². The van der Waals surface area contributed by atoms with Crippen molar-refractivity contribution in [2.24, 2.45) is 5.73 Å². The van der Waals surface area contributed by atoms with Gasteiger partial charge in [-0.1, -0.05) is 49.4 Å². The fourth-order valence-corrected chi connectivity index (χ4v) is 4.96. The number of nitrogens with zero attached hydrogens (tertiary/aromatic N) is 1. The number of thioether (sulfide) groups is 1. The molecule has 0 saturated carbocycles. The lowest BCUT2D eigenvalue weighted by atomic mass is 10.0. The zero-order valence-corrected chi connectivity index (χ0v) is 20.3. The monoisotopic (exact) mass is 467 g/mol. The smallest absolute Gasteiger partial charge is 0.254 e. The van der Waals surface area contributed by atoms with E-state index < -0.39 is 12.1 Å². The lowest BCUT2D eigenvalue weighted by molar-refractivity contribution is -0.122. The number of aliphatic hydroxyl groups excluding tert-OH is 1. The van der Waals surface area contributed by atoms with Crippen LogP contribution >= 0.6 is 11.8 Å². The van der Waals surface area contributed by atoms with Gasteiger partial charge in [0.25, 0.3) is 5.91 Å². The van der Waals surface area contributed by atoms with Gasteiger partial charge in [0.05, 0.1) is 18.7 Å². The van der Waals surface area contributed by atoms with E-state index in [-0.39, 0.29) is 31.2 Å². The molecule has 1 aliphatic heterocycles. The molecule has 6 nitrogen and oxygen atoms in total. The molecule has 7 heteroatoms. The number of allylic oxidation sites excluding steroid dienone is 1. The Balaban J connectivity index is 1.61. The lowest BCUT2D eigenvalue weighted by Crippen LogP contribution is -2.44. The molecule has 176 valence electrons. The van der Waals surface area contributed by atoms with Crippen LogP contribution in [0.3, 0.4) is 0 Å². The molecular formula is C26H33N3O3S. The number of hydrogen-bond acceptors (Lipinski definition) is 6. The number of benzene rings is 2. The second kappa shape index (κ2) is 11.5. The van der Waals surface area contributed by atoms with E-state index in [0.717, 1.165) is 33.7 Å². The Morgan fingerprint density at radius 2 is 1.88 bits per heavy atom. The van der Waals surface area contributed by atoms with Crippen molar-refractivity contribution in [3.63, 3.8) is 0 Å². The number of β-amino-alcohol motifs (C(OH)–C–C–N with tert-alkyl or cyclic N) is 1. The van der Waals surface area contributed by atoms with Crippen LogP contribution in [0, 0.1) is 0 Å². The van der Waals surface area contributed by atoms with Crippen LogP contribution in [0.1, 0.15) is 47.3 Å². The predicted octanol–water partition coefficient (Wildman–Crippen LogP) is 3.19. The zero-order chi connectivity index (χ0) is 24.0. The molecule has 0 aromatic heterocycles. The standard InChI is InChI=1S/C26H33N3O3S/c1-4-19-7-5-6-8-22(19)26(32)29-16-21(30)13-23(29)24(31)15-28-14-18-9-11-20(12-10-18)25(33-3)17(2)27/h5-12,21,23,28,30H,4,13-16,27H2,1-3H3/b25-17-/t21-,23+/m1/s1. The third-order valence-corrected chi connectivity index (χ3v) is 6.91. The Hall–Kier alpha value is -2.61. The average molecular weight is 468 g/mol.